The first kappa shape index (κ1) is 21.1. The molecule has 1 radical (unpaired) electrons. The summed E-state index contributed by atoms with van der Waals surface area (Å²) in [5, 5.41) is 26.9. The van der Waals surface area contributed by atoms with Crippen molar-refractivity contribution in [1.29, 1.82) is 0 Å². The maximum absolute atomic E-state index is 13.2. The van der Waals surface area contributed by atoms with E-state index in [4.69, 9.17) is 9.47 Å². The molecule has 0 bridgehead atoms. The predicted molar refractivity (Wildman–Crippen MR) is 110 cm³/mol. The summed E-state index contributed by atoms with van der Waals surface area (Å²) in [4.78, 5) is 12.4. The summed E-state index contributed by atoms with van der Waals surface area (Å²) >= 11 is 3.34. The van der Waals surface area contributed by atoms with Gasteiger partial charge in [-0.15, -0.1) is 0 Å². The molecule has 8 heteroatoms. The molecule has 0 saturated carbocycles. The highest BCUT2D eigenvalue weighted by Crippen LogP contribution is 2.38. The molecule has 0 aromatic heterocycles. The van der Waals surface area contributed by atoms with Crippen LogP contribution in [-0.2, 0) is 9.94 Å². The first-order chi connectivity index (χ1) is 13.6. The topological polar surface area (TPSA) is 84.7 Å². The first-order valence-electron chi connectivity index (χ1n) is 9.00. The number of halogens is 1. The Kier molecular flexibility index (Phi) is 5.60. The lowest BCUT2D eigenvalue weighted by Gasteiger charge is -2.35. The van der Waals surface area contributed by atoms with Gasteiger partial charge < -0.3 is 14.7 Å². The van der Waals surface area contributed by atoms with E-state index in [1.807, 2.05) is 0 Å². The molecule has 1 aliphatic heterocycles. The largest absolute Gasteiger partial charge is 0.714 e. The monoisotopic (exact) mass is 461 g/mol. The number of hydrogen-bond donors (Lipinski definition) is 0. The Morgan fingerprint density at radius 2 is 1.69 bits per heavy atom. The van der Waals surface area contributed by atoms with Gasteiger partial charge in [-0.3, -0.25) is 4.74 Å². The molecule has 29 heavy (non-hydrogen) atoms. The van der Waals surface area contributed by atoms with Crippen molar-refractivity contribution in [1.82, 2.24) is 5.06 Å². The Balaban J connectivity index is 1.87. The predicted octanol–water partition coefficient (Wildman–Crippen LogP) is 3.77. The summed E-state index contributed by atoms with van der Waals surface area (Å²) in [5.41, 5.74) is -1.58. The molecule has 153 valence electrons. The number of ether oxygens (including phenoxy) is 2. The van der Waals surface area contributed by atoms with Gasteiger partial charge in [0, 0.05) is 9.68 Å². The van der Waals surface area contributed by atoms with E-state index in [0.717, 1.165) is 4.47 Å². The van der Waals surface area contributed by atoms with Gasteiger partial charge >= 0.3 is 11.8 Å². The Morgan fingerprint density at radius 1 is 1.10 bits per heavy atom. The highest BCUT2D eigenvalue weighted by atomic mass is 79.9. The van der Waals surface area contributed by atoms with Crippen LogP contribution in [0.3, 0.4) is 0 Å². The van der Waals surface area contributed by atoms with Gasteiger partial charge in [-0.05, 0) is 69.3 Å². The van der Waals surface area contributed by atoms with E-state index in [1.54, 1.807) is 69.3 Å². The number of esters is 1. The number of methoxy groups -OCH3 is 1. The second-order valence-electron chi connectivity index (χ2n) is 7.56. The van der Waals surface area contributed by atoms with Gasteiger partial charge in [0.15, 0.2) is 11.1 Å². The third-order valence-electron chi connectivity index (χ3n) is 5.57. The highest BCUT2D eigenvalue weighted by Gasteiger charge is 2.63. The zero-order valence-corrected chi connectivity index (χ0v) is 18.2. The number of nitrogens with zero attached hydrogens (tertiary/aromatic N) is 2. The van der Waals surface area contributed by atoms with Crippen molar-refractivity contribution in [2.75, 3.05) is 13.7 Å². The third kappa shape index (κ3) is 3.58. The Morgan fingerprint density at radius 3 is 2.24 bits per heavy atom. The van der Waals surface area contributed by atoms with Crippen molar-refractivity contribution in [3.05, 3.63) is 69.3 Å². The third-order valence-corrected chi connectivity index (χ3v) is 6.10. The molecule has 0 unspecified atom stereocenters. The van der Waals surface area contributed by atoms with Crippen molar-refractivity contribution >= 4 is 27.7 Å². The number of hydroxylamine groups is 3. The maximum atomic E-state index is 13.2. The maximum Gasteiger partial charge on any atom is 0.338 e. The minimum Gasteiger partial charge on any atom is -0.714 e. The first-order valence-corrected chi connectivity index (χ1v) is 9.80. The summed E-state index contributed by atoms with van der Waals surface area (Å²) in [6.45, 7) is 4.71. The molecule has 3 rings (SSSR count). The van der Waals surface area contributed by atoms with Crippen LogP contribution in [0.1, 0.15) is 36.7 Å². The number of hydrogen-bond acceptors (Lipinski definition) is 5. The van der Waals surface area contributed by atoms with Crippen LogP contribution in [-0.4, -0.2) is 46.4 Å². The van der Waals surface area contributed by atoms with E-state index in [-0.39, 0.29) is 12.4 Å². The van der Waals surface area contributed by atoms with Crippen molar-refractivity contribution < 1.29 is 24.2 Å². The van der Waals surface area contributed by atoms with E-state index < -0.39 is 17.0 Å². The molecule has 0 spiro atoms. The van der Waals surface area contributed by atoms with Crippen LogP contribution in [0.4, 0.5) is 0 Å². The van der Waals surface area contributed by atoms with Gasteiger partial charge in [-0.1, -0.05) is 21.0 Å². The molecule has 0 N–H and O–H groups in total. The molecule has 0 aliphatic carbocycles. The summed E-state index contributed by atoms with van der Waals surface area (Å²) in [6.07, 6.45) is 0. The van der Waals surface area contributed by atoms with Gasteiger partial charge in [-0.25, -0.2) is 4.79 Å². The van der Waals surface area contributed by atoms with Crippen molar-refractivity contribution in [3.63, 3.8) is 0 Å². The van der Waals surface area contributed by atoms with E-state index in [2.05, 4.69) is 15.9 Å². The van der Waals surface area contributed by atoms with E-state index in [1.165, 1.54) is 7.11 Å². The summed E-state index contributed by atoms with van der Waals surface area (Å²) < 4.78 is 12.0. The fourth-order valence-corrected chi connectivity index (χ4v) is 3.40. The standard InChI is InChI=1S/C21H22BrN2O5/c1-20(2)21(3,13-29-19(25)15-7-11-17(28-4)12-8-15)24(27)18(23(20)26)14-5-9-16(22)10-6-14/h5-12H,13H2,1-4H3/t21-/m1/s1. The lowest BCUT2D eigenvalue weighted by atomic mass is 9.83. The number of benzene rings is 2. The number of amidine groups is 1. The van der Waals surface area contributed by atoms with E-state index in [0.29, 0.717) is 26.7 Å². The molecule has 7 nitrogen and oxygen atoms in total. The molecule has 2 aromatic carbocycles. The Hall–Kier alpha value is -2.58. The van der Waals surface area contributed by atoms with Crippen LogP contribution < -0.4 is 4.74 Å². The molecular formula is C21H22BrN2O5. The molecule has 0 saturated heterocycles. The number of carbonyl (C=O) groups excluding carboxylic acids is 1. The van der Waals surface area contributed by atoms with Crippen LogP contribution in [0.25, 0.3) is 0 Å². The Labute approximate surface area is 177 Å². The zero-order chi connectivity index (χ0) is 21.4. The Bertz CT molecular complexity index is 941. The lowest BCUT2D eigenvalue weighted by molar-refractivity contribution is -0.548. The summed E-state index contributed by atoms with van der Waals surface area (Å²) in [6, 6.07) is 13.4. The number of rotatable bonds is 5. The van der Waals surface area contributed by atoms with Crippen LogP contribution in [0.2, 0.25) is 0 Å². The lowest BCUT2D eigenvalue weighted by Crippen LogP contribution is -2.58. The molecule has 2 aromatic rings. The molecule has 1 heterocycles. The van der Waals surface area contributed by atoms with Gasteiger partial charge in [0.25, 0.3) is 0 Å². The van der Waals surface area contributed by atoms with E-state index in [9.17, 15) is 15.2 Å². The van der Waals surface area contributed by atoms with Crippen molar-refractivity contribution in [2.45, 2.75) is 31.8 Å². The smallest absolute Gasteiger partial charge is 0.338 e. The molecule has 1 atom stereocenters. The van der Waals surface area contributed by atoms with Crippen LogP contribution >= 0.6 is 15.9 Å². The van der Waals surface area contributed by atoms with Gasteiger partial charge in [0.1, 0.15) is 12.4 Å². The fraction of sp³-hybridized carbons (Fsp3) is 0.333. The minimum atomic E-state index is -1.28. The summed E-state index contributed by atoms with van der Waals surface area (Å²) in [5.74, 6) is 0.0324. The van der Waals surface area contributed by atoms with Gasteiger partial charge in [0.2, 0.25) is 0 Å². The van der Waals surface area contributed by atoms with Gasteiger partial charge in [-0.2, -0.15) is 0 Å². The quantitative estimate of drug-likeness (QED) is 0.384. The summed E-state index contributed by atoms with van der Waals surface area (Å²) in [7, 11) is 1.54. The minimum absolute atomic E-state index is 0.00880. The number of carbonyl (C=O) groups is 1. The molecular weight excluding hydrogens is 440 g/mol. The van der Waals surface area contributed by atoms with Gasteiger partial charge in [0.05, 0.1) is 18.2 Å². The second kappa shape index (κ2) is 7.68. The normalized spacial score (nSPS) is 20.7. The van der Waals surface area contributed by atoms with Crippen LogP contribution in [0.15, 0.2) is 53.0 Å². The van der Waals surface area contributed by atoms with Crippen LogP contribution in [0, 0.1) is 5.21 Å². The molecule has 0 fully saturated rings. The SMILES string of the molecule is COc1ccc(C(=O)OC[C@@]2(C)[N+]([O-])=C(c3ccc(Br)cc3)N([O])C2(C)C)cc1. The van der Waals surface area contributed by atoms with Crippen molar-refractivity contribution in [2.24, 2.45) is 0 Å². The van der Waals surface area contributed by atoms with E-state index >= 15 is 0 Å². The fourth-order valence-electron chi connectivity index (χ4n) is 3.13. The molecule has 1 aliphatic rings. The second-order valence-corrected chi connectivity index (χ2v) is 8.47. The van der Waals surface area contributed by atoms with Crippen molar-refractivity contribution in [3.8, 4) is 5.75 Å². The van der Waals surface area contributed by atoms with Crippen LogP contribution in [0.5, 0.6) is 5.75 Å². The highest BCUT2D eigenvalue weighted by molar-refractivity contribution is 9.10. The average molecular weight is 462 g/mol. The molecule has 0 amide bonds. The average Bonchev–Trinajstić information content (AvgIpc) is 2.85. The zero-order valence-electron chi connectivity index (χ0n) is 16.6.